The first-order valence-electron chi connectivity index (χ1n) is 12.9. The fraction of sp³-hybridized carbons (Fsp3) is 0.0588. The first kappa shape index (κ1) is 26.5. The van der Waals surface area contributed by atoms with Crippen LogP contribution in [0.2, 0.25) is 0 Å². The Morgan fingerprint density at radius 1 is 0.462 bits per heavy atom. The van der Waals surface area contributed by atoms with Crippen molar-refractivity contribution in [1.82, 2.24) is 9.13 Å². The fourth-order valence-corrected chi connectivity index (χ4v) is 11.1. The zero-order chi connectivity index (χ0) is 24.3. The van der Waals surface area contributed by atoms with Crippen molar-refractivity contribution in [1.29, 1.82) is 0 Å². The van der Waals surface area contributed by atoms with E-state index in [1.165, 1.54) is 55.5 Å². The smallest absolute Gasteiger partial charge is 1.00 e. The zero-order valence-corrected chi connectivity index (χ0v) is 26.6. The molecule has 2 unspecified atom stereocenters. The summed E-state index contributed by atoms with van der Waals surface area (Å²) in [7, 11) is 0. The van der Waals surface area contributed by atoms with Crippen LogP contribution in [0.15, 0.2) is 122 Å². The Morgan fingerprint density at radius 3 is 1.36 bits per heavy atom. The van der Waals surface area contributed by atoms with Crippen molar-refractivity contribution in [2.75, 3.05) is 0 Å². The molecule has 2 heterocycles. The molecule has 39 heavy (non-hydrogen) atoms. The number of hydrogen-bond acceptors (Lipinski definition) is 0. The van der Waals surface area contributed by atoms with Crippen LogP contribution in [-0.2, 0) is 23.2 Å². The molecule has 0 spiro atoms. The van der Waals surface area contributed by atoms with E-state index < -0.39 is 23.2 Å². The molecule has 0 bridgehead atoms. The second kappa shape index (κ2) is 10.7. The van der Waals surface area contributed by atoms with E-state index >= 15 is 0 Å². The molecule has 2 aliphatic rings. The summed E-state index contributed by atoms with van der Waals surface area (Å²) in [5, 5.41) is 2.60. The summed E-state index contributed by atoms with van der Waals surface area (Å²) in [6.07, 6.45) is 9.44. The second-order valence-corrected chi connectivity index (χ2v) is 13.6. The third kappa shape index (κ3) is 4.31. The van der Waals surface area contributed by atoms with E-state index in [9.17, 15) is 0 Å². The Morgan fingerprint density at radius 2 is 0.872 bits per heavy atom. The molecular formula is C34H24Br2N2Zr. The van der Waals surface area contributed by atoms with Crippen LogP contribution in [-0.4, -0.2) is 9.13 Å². The van der Waals surface area contributed by atoms with Crippen LogP contribution < -0.4 is 34.0 Å². The summed E-state index contributed by atoms with van der Waals surface area (Å²) in [5.74, 6) is 0. The third-order valence-corrected chi connectivity index (χ3v) is 12.5. The van der Waals surface area contributed by atoms with E-state index in [0.717, 1.165) is 0 Å². The number of benzene rings is 4. The Labute approximate surface area is 260 Å². The Balaban J connectivity index is 0.00000138. The van der Waals surface area contributed by atoms with Gasteiger partial charge in [0, 0.05) is 0 Å². The number of nitrogens with zero attached hydrogens (tertiary/aromatic N) is 2. The predicted molar refractivity (Wildman–Crippen MR) is 151 cm³/mol. The van der Waals surface area contributed by atoms with Crippen LogP contribution in [0.25, 0.3) is 45.4 Å². The number of allylic oxidation sites excluding steroid dienone is 2. The maximum absolute atomic E-state index is 2.45. The van der Waals surface area contributed by atoms with E-state index in [1.54, 1.807) is 0 Å². The summed E-state index contributed by atoms with van der Waals surface area (Å²) >= 11 is -1.09. The monoisotopic (exact) mass is 708 g/mol. The first-order valence-corrected chi connectivity index (χ1v) is 15.7. The van der Waals surface area contributed by atoms with E-state index in [4.69, 9.17) is 0 Å². The molecule has 4 aromatic carbocycles. The first-order chi connectivity index (χ1) is 18.3. The van der Waals surface area contributed by atoms with E-state index in [2.05, 4.69) is 143 Å². The van der Waals surface area contributed by atoms with Gasteiger partial charge in [0.15, 0.2) is 0 Å². The number of hydrogen-bond donors (Lipinski definition) is 0. The summed E-state index contributed by atoms with van der Waals surface area (Å²) in [4.78, 5) is 0. The van der Waals surface area contributed by atoms with Gasteiger partial charge in [0.05, 0.1) is 0 Å². The predicted octanol–water partition coefficient (Wildman–Crippen LogP) is 2.49. The Kier molecular flexibility index (Phi) is 7.26. The summed E-state index contributed by atoms with van der Waals surface area (Å²) < 4.78 is 5.85. The minimum Gasteiger partial charge on any atom is -1.00 e. The molecule has 6 aromatic rings. The standard InChI is InChI=1S/2C17H12N.2BrH.Zr/c2*1-2-7-15-12-16(11-14(15)6-1)18-10-9-13-5-3-4-8-17(13)18;;;/h2*1-12H;2*1H;/q;;;;+2/p-2. The van der Waals surface area contributed by atoms with Crippen molar-refractivity contribution in [2.45, 2.75) is 7.25 Å². The molecule has 2 aromatic heterocycles. The van der Waals surface area contributed by atoms with Crippen molar-refractivity contribution in [3.63, 3.8) is 0 Å². The van der Waals surface area contributed by atoms with Crippen LogP contribution in [0.3, 0.4) is 0 Å². The minimum atomic E-state index is -1.09. The number of rotatable bonds is 4. The average Bonchev–Trinajstić information content (AvgIpc) is 3.72. The van der Waals surface area contributed by atoms with Gasteiger partial charge < -0.3 is 34.0 Å². The van der Waals surface area contributed by atoms with Gasteiger partial charge in [0.25, 0.3) is 0 Å². The normalized spacial score (nSPS) is 17.0. The molecule has 2 atom stereocenters. The molecule has 0 radical (unpaired) electrons. The van der Waals surface area contributed by atoms with Gasteiger partial charge in [0.2, 0.25) is 0 Å². The molecule has 0 N–H and O–H groups in total. The van der Waals surface area contributed by atoms with Crippen LogP contribution in [0, 0.1) is 0 Å². The molecule has 2 aliphatic carbocycles. The van der Waals surface area contributed by atoms with Crippen molar-refractivity contribution >= 4 is 45.4 Å². The van der Waals surface area contributed by atoms with Crippen LogP contribution in [0.4, 0.5) is 0 Å². The average molecular weight is 712 g/mol. The van der Waals surface area contributed by atoms with Crippen molar-refractivity contribution < 1.29 is 57.2 Å². The molecule has 5 heteroatoms. The summed E-state index contributed by atoms with van der Waals surface area (Å²) in [5.41, 5.74) is 11.2. The topological polar surface area (TPSA) is 9.86 Å². The molecule has 0 fully saturated rings. The van der Waals surface area contributed by atoms with Crippen molar-refractivity contribution in [3.05, 3.63) is 144 Å². The van der Waals surface area contributed by atoms with Gasteiger partial charge in [-0.1, -0.05) is 0 Å². The van der Waals surface area contributed by atoms with Gasteiger partial charge in [-0.05, 0) is 0 Å². The fourth-order valence-electron chi connectivity index (χ4n) is 6.16. The maximum Gasteiger partial charge on any atom is -1.00 e. The van der Waals surface area contributed by atoms with Gasteiger partial charge in [-0.3, -0.25) is 0 Å². The van der Waals surface area contributed by atoms with Crippen LogP contribution >= 0.6 is 0 Å². The van der Waals surface area contributed by atoms with Crippen LogP contribution in [0.5, 0.6) is 0 Å². The van der Waals surface area contributed by atoms with E-state index in [0.29, 0.717) is 7.25 Å². The minimum absolute atomic E-state index is 0. The second-order valence-electron chi connectivity index (χ2n) is 9.92. The van der Waals surface area contributed by atoms with Crippen LogP contribution in [0.1, 0.15) is 29.5 Å². The Bertz CT molecular complexity index is 1760. The summed E-state index contributed by atoms with van der Waals surface area (Å²) in [6, 6.07) is 40.1. The molecule has 0 saturated carbocycles. The quantitative estimate of drug-likeness (QED) is 0.266. The third-order valence-electron chi connectivity index (χ3n) is 7.90. The molecule has 0 aliphatic heterocycles. The van der Waals surface area contributed by atoms with Gasteiger partial charge >= 0.3 is 229 Å². The van der Waals surface area contributed by atoms with Crippen molar-refractivity contribution in [2.24, 2.45) is 0 Å². The van der Waals surface area contributed by atoms with Gasteiger partial charge in [-0.2, -0.15) is 0 Å². The van der Waals surface area contributed by atoms with Gasteiger partial charge in [-0.25, -0.2) is 0 Å². The SMILES string of the molecule is C1=C(n2ccc3ccccc32)[CH]([Zr+2][CH]2C(n3ccc4ccccc43)=Cc3ccccc32)c2ccccc21.[Br-].[Br-]. The maximum atomic E-state index is 2.45. The number of aromatic nitrogens is 2. The molecule has 0 amide bonds. The molecule has 188 valence electrons. The zero-order valence-electron chi connectivity index (χ0n) is 21.0. The number of halogens is 2. The number of fused-ring (bicyclic) bond motifs is 4. The molecule has 0 saturated heterocycles. The summed E-state index contributed by atoms with van der Waals surface area (Å²) in [6.45, 7) is 0. The van der Waals surface area contributed by atoms with Gasteiger partial charge in [-0.15, -0.1) is 0 Å². The Hall–Kier alpha value is -2.72. The van der Waals surface area contributed by atoms with E-state index in [1.807, 2.05) is 0 Å². The van der Waals surface area contributed by atoms with E-state index in [-0.39, 0.29) is 34.0 Å². The number of para-hydroxylation sites is 2. The largest absolute Gasteiger partial charge is 1.00 e. The molecule has 8 rings (SSSR count). The molecule has 2 nitrogen and oxygen atoms in total. The van der Waals surface area contributed by atoms with Crippen molar-refractivity contribution in [3.8, 4) is 0 Å². The van der Waals surface area contributed by atoms with Gasteiger partial charge in [0.1, 0.15) is 0 Å². The molecular weight excluding hydrogens is 687 g/mol.